The van der Waals surface area contributed by atoms with Gasteiger partial charge in [-0.1, -0.05) is 54.6 Å². The molecule has 0 saturated heterocycles. The van der Waals surface area contributed by atoms with E-state index in [4.69, 9.17) is 0 Å². The quantitative estimate of drug-likeness (QED) is 0.869. The van der Waals surface area contributed by atoms with Gasteiger partial charge in [0.2, 0.25) is 0 Å². The number of esters is 1. The van der Waals surface area contributed by atoms with Crippen molar-refractivity contribution < 1.29 is 14.6 Å². The van der Waals surface area contributed by atoms with E-state index in [0.29, 0.717) is 0 Å². The van der Waals surface area contributed by atoms with Gasteiger partial charge in [-0.05, 0) is 23.6 Å². The van der Waals surface area contributed by atoms with Crippen LogP contribution in [0.15, 0.2) is 54.6 Å². The van der Waals surface area contributed by atoms with Crippen LogP contribution in [-0.4, -0.2) is 24.3 Å². The summed E-state index contributed by atoms with van der Waals surface area (Å²) >= 11 is 0. The van der Waals surface area contributed by atoms with Gasteiger partial charge in [-0.2, -0.15) is 0 Å². The highest BCUT2D eigenvalue weighted by Gasteiger charge is 2.30. The van der Waals surface area contributed by atoms with Gasteiger partial charge in [-0.25, -0.2) is 4.79 Å². The summed E-state index contributed by atoms with van der Waals surface area (Å²) in [6.45, 7) is 1.97. The van der Waals surface area contributed by atoms with Crippen LogP contribution in [0.3, 0.4) is 0 Å². The highest BCUT2D eigenvalue weighted by Crippen LogP contribution is 2.30. The molecule has 0 amide bonds. The average molecular weight is 270 g/mol. The first-order valence-corrected chi connectivity index (χ1v) is 6.51. The second-order valence-corrected chi connectivity index (χ2v) is 4.71. The van der Waals surface area contributed by atoms with Crippen molar-refractivity contribution in [3.05, 3.63) is 71.3 Å². The number of carbonyl (C=O) groups is 1. The van der Waals surface area contributed by atoms with Gasteiger partial charge in [-0.3, -0.25) is 0 Å². The Bertz CT molecular complexity index is 578. The van der Waals surface area contributed by atoms with Gasteiger partial charge in [0.1, 0.15) is 0 Å². The second kappa shape index (κ2) is 6.35. The maximum atomic E-state index is 11.7. The Morgan fingerprint density at radius 2 is 1.65 bits per heavy atom. The predicted octanol–water partition coefficient (Wildman–Crippen LogP) is 2.66. The zero-order chi connectivity index (χ0) is 14.5. The maximum absolute atomic E-state index is 11.7. The van der Waals surface area contributed by atoms with Gasteiger partial charge < -0.3 is 9.84 Å². The van der Waals surface area contributed by atoms with Crippen LogP contribution in [-0.2, 0) is 9.53 Å². The molecule has 2 aromatic carbocycles. The number of methoxy groups -OCH3 is 1. The molecule has 0 aliphatic rings. The van der Waals surface area contributed by atoms with Crippen molar-refractivity contribution in [3.63, 3.8) is 0 Å². The molecular formula is C17H18O3. The fraction of sp³-hybridized carbons (Fsp3) is 0.235. The summed E-state index contributed by atoms with van der Waals surface area (Å²) in [4.78, 5) is 11.7. The molecule has 3 heteroatoms. The number of hydrogen-bond donors (Lipinski definition) is 1. The van der Waals surface area contributed by atoms with Crippen molar-refractivity contribution in [2.45, 2.75) is 18.9 Å². The van der Waals surface area contributed by atoms with E-state index in [1.807, 2.05) is 61.5 Å². The van der Waals surface area contributed by atoms with Crippen molar-refractivity contribution in [2.24, 2.45) is 0 Å². The minimum atomic E-state index is -1.22. The summed E-state index contributed by atoms with van der Waals surface area (Å²) in [5, 5.41) is 10.3. The molecule has 3 nitrogen and oxygen atoms in total. The summed E-state index contributed by atoms with van der Waals surface area (Å²) in [6, 6.07) is 17.2. The van der Waals surface area contributed by atoms with Crippen LogP contribution in [0.2, 0.25) is 0 Å². The SMILES string of the molecule is COC(=O)C(O)C(c1ccccc1)c1ccccc1C. The van der Waals surface area contributed by atoms with Gasteiger partial charge in [0.25, 0.3) is 0 Å². The minimum absolute atomic E-state index is 0.426. The molecule has 0 saturated carbocycles. The smallest absolute Gasteiger partial charge is 0.335 e. The minimum Gasteiger partial charge on any atom is -0.467 e. The predicted molar refractivity (Wildman–Crippen MR) is 77.5 cm³/mol. The molecule has 0 aromatic heterocycles. The van der Waals surface area contributed by atoms with Crippen molar-refractivity contribution in [2.75, 3.05) is 7.11 Å². The Labute approximate surface area is 118 Å². The molecule has 0 aliphatic carbocycles. The molecule has 0 fully saturated rings. The summed E-state index contributed by atoms with van der Waals surface area (Å²) in [5.74, 6) is -1.05. The molecule has 2 atom stereocenters. The first-order chi connectivity index (χ1) is 9.65. The number of aliphatic hydroxyl groups is 1. The number of ether oxygens (including phenoxy) is 1. The third kappa shape index (κ3) is 2.89. The lowest BCUT2D eigenvalue weighted by molar-refractivity contribution is -0.151. The van der Waals surface area contributed by atoms with Crippen LogP contribution in [0.25, 0.3) is 0 Å². The molecule has 0 aliphatic heterocycles. The number of rotatable bonds is 4. The molecule has 20 heavy (non-hydrogen) atoms. The van der Waals surface area contributed by atoms with Gasteiger partial charge in [-0.15, -0.1) is 0 Å². The summed E-state index contributed by atoms with van der Waals surface area (Å²) in [6.07, 6.45) is -1.22. The van der Waals surface area contributed by atoms with E-state index in [2.05, 4.69) is 4.74 Å². The Morgan fingerprint density at radius 3 is 2.25 bits per heavy atom. The maximum Gasteiger partial charge on any atom is 0.335 e. The molecule has 0 heterocycles. The average Bonchev–Trinajstić information content (AvgIpc) is 2.49. The lowest BCUT2D eigenvalue weighted by Crippen LogP contribution is -2.30. The molecular weight excluding hydrogens is 252 g/mol. The van der Waals surface area contributed by atoms with Crippen molar-refractivity contribution >= 4 is 5.97 Å². The van der Waals surface area contributed by atoms with Gasteiger partial charge >= 0.3 is 5.97 Å². The molecule has 2 unspecified atom stereocenters. The highest BCUT2D eigenvalue weighted by atomic mass is 16.5. The molecule has 104 valence electrons. The topological polar surface area (TPSA) is 46.5 Å². The summed E-state index contributed by atoms with van der Waals surface area (Å²) in [7, 11) is 1.28. The monoisotopic (exact) mass is 270 g/mol. The Kier molecular flexibility index (Phi) is 4.53. The molecule has 0 radical (unpaired) electrons. The number of aliphatic hydroxyl groups excluding tert-OH is 1. The molecule has 0 bridgehead atoms. The number of carbonyl (C=O) groups excluding carboxylic acids is 1. The molecule has 1 N–H and O–H groups in total. The van der Waals surface area contributed by atoms with E-state index >= 15 is 0 Å². The van der Waals surface area contributed by atoms with E-state index < -0.39 is 18.0 Å². The van der Waals surface area contributed by atoms with Crippen LogP contribution in [0, 0.1) is 6.92 Å². The van der Waals surface area contributed by atoms with Gasteiger partial charge in [0.15, 0.2) is 6.10 Å². The van der Waals surface area contributed by atoms with Crippen LogP contribution >= 0.6 is 0 Å². The Balaban J connectivity index is 2.50. The fourth-order valence-electron chi connectivity index (χ4n) is 2.38. The van der Waals surface area contributed by atoms with Crippen molar-refractivity contribution in [1.82, 2.24) is 0 Å². The van der Waals surface area contributed by atoms with Crippen molar-refractivity contribution in [3.8, 4) is 0 Å². The normalized spacial score (nSPS) is 13.6. The Hall–Kier alpha value is -2.13. The number of benzene rings is 2. The first kappa shape index (κ1) is 14.3. The van der Waals surface area contributed by atoms with E-state index in [9.17, 15) is 9.90 Å². The van der Waals surface area contributed by atoms with Crippen LogP contribution in [0.1, 0.15) is 22.6 Å². The van der Waals surface area contributed by atoms with Gasteiger partial charge in [0, 0.05) is 5.92 Å². The lowest BCUT2D eigenvalue weighted by atomic mass is 9.84. The van der Waals surface area contributed by atoms with Crippen LogP contribution in [0.5, 0.6) is 0 Å². The third-order valence-corrected chi connectivity index (χ3v) is 3.44. The highest BCUT2D eigenvalue weighted by molar-refractivity contribution is 5.76. The zero-order valence-corrected chi connectivity index (χ0v) is 11.6. The van der Waals surface area contributed by atoms with E-state index in [1.54, 1.807) is 0 Å². The molecule has 2 rings (SSSR count). The summed E-state index contributed by atoms with van der Waals surface area (Å²) in [5.41, 5.74) is 2.85. The standard InChI is InChI=1S/C17H18O3/c1-12-8-6-7-11-14(12)15(16(18)17(19)20-2)13-9-4-3-5-10-13/h3-11,15-16,18H,1-2H3. The number of hydrogen-bond acceptors (Lipinski definition) is 3. The van der Waals surface area contributed by atoms with Gasteiger partial charge in [0.05, 0.1) is 7.11 Å². The fourth-order valence-corrected chi connectivity index (χ4v) is 2.38. The van der Waals surface area contributed by atoms with Crippen LogP contribution < -0.4 is 0 Å². The van der Waals surface area contributed by atoms with E-state index in [1.165, 1.54) is 7.11 Å². The lowest BCUT2D eigenvalue weighted by Gasteiger charge is -2.23. The number of aryl methyl sites for hydroxylation is 1. The van der Waals surface area contributed by atoms with E-state index in [0.717, 1.165) is 16.7 Å². The van der Waals surface area contributed by atoms with E-state index in [-0.39, 0.29) is 0 Å². The Morgan fingerprint density at radius 1 is 1.05 bits per heavy atom. The van der Waals surface area contributed by atoms with Crippen LogP contribution in [0.4, 0.5) is 0 Å². The largest absolute Gasteiger partial charge is 0.467 e. The zero-order valence-electron chi connectivity index (χ0n) is 11.6. The first-order valence-electron chi connectivity index (χ1n) is 6.51. The third-order valence-electron chi connectivity index (χ3n) is 3.44. The molecule has 0 spiro atoms. The van der Waals surface area contributed by atoms with Crippen molar-refractivity contribution in [1.29, 1.82) is 0 Å². The second-order valence-electron chi connectivity index (χ2n) is 4.71. The molecule has 2 aromatic rings. The summed E-state index contributed by atoms with van der Waals surface area (Å²) < 4.78 is 4.69.